The minimum atomic E-state index is 0.355. The number of hydrogen-bond donors (Lipinski definition) is 0. The van der Waals surface area contributed by atoms with Gasteiger partial charge in [0.1, 0.15) is 0 Å². The molecule has 0 unspecified atom stereocenters. The number of unbranched alkanes of at least 4 members (excludes halogenated alkanes) is 13. The number of rotatable bonds is 16. The third-order valence-electron chi connectivity index (χ3n) is 4.50. The fraction of sp³-hybridized carbons (Fsp3) is 1.00. The molecule has 0 rings (SSSR count). The zero-order chi connectivity index (χ0) is 15.8. The predicted molar refractivity (Wildman–Crippen MR) is 93.2 cm³/mol. The zero-order valence-corrected chi connectivity index (χ0v) is 17.6. The van der Waals surface area contributed by atoms with E-state index in [0.29, 0.717) is 21.5 Å². The Morgan fingerprint density at radius 1 is 0.571 bits per heavy atom. The first-order valence-electron chi connectivity index (χ1n) is 9.46. The molecule has 0 saturated heterocycles. The van der Waals surface area contributed by atoms with Crippen molar-refractivity contribution in [2.24, 2.45) is 0 Å². The summed E-state index contributed by atoms with van der Waals surface area (Å²) in [5.41, 5.74) is 0. The van der Waals surface area contributed by atoms with E-state index in [1.54, 1.807) is 0 Å². The van der Waals surface area contributed by atoms with E-state index in [1.807, 2.05) is 0 Å². The number of nitrogens with zero attached hydrogens (tertiary/aromatic N) is 1. The number of hydrogen-bond acceptors (Lipinski definition) is 0. The summed E-state index contributed by atoms with van der Waals surface area (Å²) in [7, 11) is 4.80. The first-order chi connectivity index (χ1) is 10.1. The number of quaternary nitrogens is 1. The summed E-state index contributed by atoms with van der Waals surface area (Å²) in [6.07, 6.45) is 20.5. The Morgan fingerprint density at radius 2 is 0.905 bits per heavy atom. The van der Waals surface area contributed by atoms with Gasteiger partial charge in [-0.05, 0) is 0 Å². The van der Waals surface area contributed by atoms with Crippen LogP contribution in [-0.2, 0) is 0 Å². The van der Waals surface area contributed by atoms with E-state index in [1.165, 1.54) is 99.1 Å². The molecule has 0 aromatic heterocycles. The summed E-state index contributed by atoms with van der Waals surface area (Å²) >= 11 is 0.355. The van der Waals surface area contributed by atoms with Crippen molar-refractivity contribution >= 4 is 0 Å². The molecule has 0 bridgehead atoms. The third kappa shape index (κ3) is 16.9. The molecule has 0 amide bonds. The second kappa shape index (κ2) is 15.6. The molecule has 0 radical (unpaired) electrons. The molecule has 0 heterocycles. The van der Waals surface area contributed by atoms with Gasteiger partial charge in [-0.25, -0.2) is 0 Å². The monoisotopic (exact) mass is 411 g/mol. The molecule has 0 saturated carbocycles. The molecule has 2 heteroatoms. The molecule has 0 aromatic carbocycles. The summed E-state index contributed by atoms with van der Waals surface area (Å²) in [6.45, 7) is 3.70. The maximum atomic E-state index is 2.41. The van der Waals surface area contributed by atoms with Crippen molar-refractivity contribution < 1.29 is 24.2 Å². The standard InChI is InChI=1S/C19H42IN/c1-5-6-7-8-9-10-11-12-13-14-15-16-17-18-19-21(3,4)20-2/h5-19H2,1-4H3. The van der Waals surface area contributed by atoms with Crippen molar-refractivity contribution in [3.8, 4) is 0 Å². The van der Waals surface area contributed by atoms with Gasteiger partial charge in [0.25, 0.3) is 0 Å². The van der Waals surface area contributed by atoms with Gasteiger partial charge in [0.05, 0.1) is 0 Å². The Hall–Kier alpha value is 0.690. The van der Waals surface area contributed by atoms with Gasteiger partial charge in [-0.3, -0.25) is 0 Å². The summed E-state index contributed by atoms with van der Waals surface area (Å²) in [5.74, 6) is 0. The van der Waals surface area contributed by atoms with Crippen LogP contribution < -0.4 is 21.5 Å². The van der Waals surface area contributed by atoms with Gasteiger partial charge < -0.3 is 0 Å². The molecule has 1 nitrogen and oxygen atoms in total. The van der Waals surface area contributed by atoms with Crippen LogP contribution in [0.15, 0.2) is 0 Å². The Kier molecular flexibility index (Phi) is 16.1. The van der Waals surface area contributed by atoms with Gasteiger partial charge in [0.15, 0.2) is 0 Å². The van der Waals surface area contributed by atoms with Gasteiger partial charge in [-0.2, -0.15) is 0 Å². The van der Waals surface area contributed by atoms with Crippen LogP contribution >= 0.6 is 0 Å². The fourth-order valence-corrected chi connectivity index (χ4v) is 3.59. The van der Waals surface area contributed by atoms with E-state index in [-0.39, 0.29) is 0 Å². The van der Waals surface area contributed by atoms with Gasteiger partial charge in [0, 0.05) is 0 Å². The van der Waals surface area contributed by atoms with E-state index < -0.39 is 0 Å². The maximum absolute atomic E-state index is 2.41. The fourth-order valence-electron chi connectivity index (χ4n) is 2.77. The number of halogens is 1. The first kappa shape index (κ1) is 21.7. The Labute approximate surface area is 146 Å². The van der Waals surface area contributed by atoms with Gasteiger partial charge in [-0.1, -0.05) is 32.6 Å². The van der Waals surface area contributed by atoms with Crippen molar-refractivity contribution in [1.82, 2.24) is 0 Å². The van der Waals surface area contributed by atoms with Crippen LogP contribution in [0.3, 0.4) is 0 Å². The summed E-state index contributed by atoms with van der Waals surface area (Å²) in [6, 6.07) is 0. The van der Waals surface area contributed by atoms with Crippen molar-refractivity contribution in [2.75, 3.05) is 25.6 Å². The second-order valence-corrected chi connectivity index (χ2v) is 10.6. The third-order valence-corrected chi connectivity index (χ3v) is 7.60. The van der Waals surface area contributed by atoms with E-state index in [2.05, 4.69) is 25.9 Å². The van der Waals surface area contributed by atoms with E-state index >= 15 is 0 Å². The SMILES string of the molecule is CCCCCCCCCCCCCCCC[N+](C)(C)[I-]C. The van der Waals surface area contributed by atoms with Crippen LogP contribution in [0.25, 0.3) is 0 Å². The van der Waals surface area contributed by atoms with Gasteiger partial charge in [0.2, 0.25) is 0 Å². The molecule has 0 atom stereocenters. The Morgan fingerprint density at radius 3 is 1.24 bits per heavy atom. The van der Waals surface area contributed by atoms with Crippen molar-refractivity contribution in [3.63, 3.8) is 0 Å². The predicted octanol–water partition coefficient (Wildman–Crippen LogP) is 3.18. The summed E-state index contributed by atoms with van der Waals surface area (Å²) < 4.78 is 1.30. The van der Waals surface area contributed by atoms with Crippen LogP contribution in [-0.4, -0.2) is 28.3 Å². The van der Waals surface area contributed by atoms with Crippen molar-refractivity contribution in [2.45, 2.75) is 96.8 Å². The molecular formula is C19H42IN. The first-order valence-corrected chi connectivity index (χ1v) is 12.6. The quantitative estimate of drug-likeness (QED) is 0.158. The summed E-state index contributed by atoms with van der Waals surface area (Å²) in [4.78, 5) is 2.41. The molecule has 0 aliphatic carbocycles. The number of alkyl halides is 1. The Bertz CT molecular complexity index is 204. The molecular weight excluding hydrogens is 369 g/mol. The van der Waals surface area contributed by atoms with Crippen molar-refractivity contribution in [3.05, 3.63) is 0 Å². The van der Waals surface area contributed by atoms with E-state index in [9.17, 15) is 0 Å². The van der Waals surface area contributed by atoms with Crippen molar-refractivity contribution in [1.29, 1.82) is 0 Å². The minimum absolute atomic E-state index is 0.355. The van der Waals surface area contributed by atoms with E-state index in [0.717, 1.165) is 0 Å². The van der Waals surface area contributed by atoms with Gasteiger partial charge in [-0.15, -0.1) is 0 Å². The van der Waals surface area contributed by atoms with Crippen LogP contribution in [0.5, 0.6) is 0 Å². The van der Waals surface area contributed by atoms with Crippen LogP contribution in [0.2, 0.25) is 0 Å². The van der Waals surface area contributed by atoms with E-state index in [4.69, 9.17) is 0 Å². The molecule has 0 aliphatic heterocycles. The summed E-state index contributed by atoms with van der Waals surface area (Å²) in [5, 5.41) is 0. The normalized spacial score (nSPS) is 12.2. The zero-order valence-electron chi connectivity index (χ0n) is 15.4. The average Bonchev–Trinajstić information content (AvgIpc) is 2.47. The molecule has 0 N–H and O–H groups in total. The van der Waals surface area contributed by atoms with Gasteiger partial charge >= 0.3 is 114 Å². The molecule has 130 valence electrons. The second-order valence-electron chi connectivity index (χ2n) is 7.03. The van der Waals surface area contributed by atoms with Crippen LogP contribution in [0.4, 0.5) is 0 Å². The molecule has 0 aromatic rings. The molecule has 21 heavy (non-hydrogen) atoms. The molecule has 0 spiro atoms. The molecule has 0 fully saturated rings. The van der Waals surface area contributed by atoms with Crippen LogP contribution in [0.1, 0.15) is 96.8 Å². The Balaban J connectivity index is 3.06. The average molecular weight is 411 g/mol. The topological polar surface area (TPSA) is 0 Å². The molecule has 0 aliphatic rings. The van der Waals surface area contributed by atoms with Crippen LogP contribution in [0, 0.1) is 0 Å².